The number of carbonyl (C=O) groups is 2. The van der Waals surface area contributed by atoms with E-state index >= 15 is 0 Å². The molecule has 1 aliphatic heterocycles. The maximum absolute atomic E-state index is 12.6. The number of urea groups is 1. The molecular weight excluding hydrogens is 376 g/mol. The molecule has 2 heterocycles. The molecule has 0 spiro atoms. The van der Waals surface area contributed by atoms with Crippen LogP contribution in [0.5, 0.6) is 0 Å². The Balaban J connectivity index is 1.44. The lowest BCUT2D eigenvalue weighted by molar-refractivity contribution is 0.102. The molecule has 30 heavy (non-hydrogen) atoms. The Morgan fingerprint density at radius 3 is 2.53 bits per heavy atom. The van der Waals surface area contributed by atoms with Crippen molar-refractivity contribution in [3.05, 3.63) is 89.7 Å². The summed E-state index contributed by atoms with van der Waals surface area (Å²) in [4.78, 5) is 32.3. The molecule has 1 aromatic heterocycles. The molecule has 6 heteroatoms. The van der Waals surface area contributed by atoms with Gasteiger partial charge in [0.1, 0.15) is 5.69 Å². The van der Waals surface area contributed by atoms with Gasteiger partial charge in [0.05, 0.1) is 0 Å². The Labute approximate surface area is 175 Å². The minimum atomic E-state index is -0.221. The van der Waals surface area contributed by atoms with Crippen LogP contribution in [0.1, 0.15) is 21.6 Å². The summed E-state index contributed by atoms with van der Waals surface area (Å²) in [7, 11) is 1.78. The quantitative estimate of drug-likeness (QED) is 0.688. The Morgan fingerprint density at radius 1 is 1.00 bits per heavy atom. The lowest BCUT2D eigenvalue weighted by Gasteiger charge is -2.16. The number of aromatic nitrogens is 1. The molecule has 1 N–H and O–H groups in total. The highest BCUT2D eigenvalue weighted by Gasteiger charge is 2.26. The summed E-state index contributed by atoms with van der Waals surface area (Å²) in [6, 6.07) is 19.9. The second-order valence-corrected chi connectivity index (χ2v) is 6.90. The summed E-state index contributed by atoms with van der Waals surface area (Å²) in [5.41, 5.74) is 3.44. The van der Waals surface area contributed by atoms with Crippen LogP contribution in [-0.2, 0) is 0 Å². The van der Waals surface area contributed by atoms with E-state index in [0.29, 0.717) is 30.0 Å². The van der Waals surface area contributed by atoms with Crippen molar-refractivity contribution in [2.45, 2.75) is 0 Å². The van der Waals surface area contributed by atoms with Crippen molar-refractivity contribution in [3.63, 3.8) is 0 Å². The Hall–Kier alpha value is -4.11. The topological polar surface area (TPSA) is 65.5 Å². The first kappa shape index (κ1) is 19.2. The smallest absolute Gasteiger partial charge is 0.324 e. The van der Waals surface area contributed by atoms with Crippen LogP contribution in [0.3, 0.4) is 0 Å². The predicted molar refractivity (Wildman–Crippen MR) is 116 cm³/mol. The number of hydrogen-bond acceptors (Lipinski definition) is 3. The fourth-order valence-corrected chi connectivity index (χ4v) is 3.13. The summed E-state index contributed by atoms with van der Waals surface area (Å²) in [5, 5.41) is 2.89. The van der Waals surface area contributed by atoms with Gasteiger partial charge in [0.15, 0.2) is 0 Å². The molecule has 1 fully saturated rings. The number of hydrogen-bond donors (Lipinski definition) is 1. The Bertz CT molecular complexity index is 1130. The van der Waals surface area contributed by atoms with Crippen molar-refractivity contribution >= 4 is 23.3 Å². The highest BCUT2D eigenvalue weighted by molar-refractivity contribution is 6.04. The first-order chi connectivity index (χ1) is 14.6. The maximum Gasteiger partial charge on any atom is 0.324 e. The van der Waals surface area contributed by atoms with E-state index in [0.717, 1.165) is 11.3 Å². The fourth-order valence-electron chi connectivity index (χ4n) is 3.13. The van der Waals surface area contributed by atoms with E-state index in [2.05, 4.69) is 22.1 Å². The molecule has 3 aromatic rings. The number of anilines is 2. The summed E-state index contributed by atoms with van der Waals surface area (Å²) < 4.78 is 0. The van der Waals surface area contributed by atoms with Gasteiger partial charge in [-0.25, -0.2) is 9.78 Å². The van der Waals surface area contributed by atoms with Crippen molar-refractivity contribution in [1.82, 2.24) is 9.88 Å². The number of amides is 3. The van der Waals surface area contributed by atoms with Crippen LogP contribution in [0, 0.1) is 11.8 Å². The SMILES string of the molecule is CN1CCN(c2ccc(C(=O)Nc3cccc(C#Cc4ccccn4)c3)cc2)C1=O. The van der Waals surface area contributed by atoms with Gasteiger partial charge >= 0.3 is 6.03 Å². The first-order valence-corrected chi connectivity index (χ1v) is 9.57. The molecular formula is C24H20N4O2. The van der Waals surface area contributed by atoms with Crippen LogP contribution in [0.2, 0.25) is 0 Å². The van der Waals surface area contributed by atoms with Crippen LogP contribution in [-0.4, -0.2) is 42.0 Å². The van der Waals surface area contributed by atoms with Gasteiger partial charge in [-0.1, -0.05) is 18.1 Å². The summed E-state index contributed by atoms with van der Waals surface area (Å²) >= 11 is 0. The number of nitrogens with zero attached hydrogens (tertiary/aromatic N) is 3. The summed E-state index contributed by atoms with van der Waals surface area (Å²) in [6.45, 7) is 1.34. The van der Waals surface area contributed by atoms with Gasteiger partial charge in [0.25, 0.3) is 5.91 Å². The van der Waals surface area contributed by atoms with Crippen LogP contribution < -0.4 is 10.2 Å². The third kappa shape index (κ3) is 4.31. The van der Waals surface area contributed by atoms with Crippen LogP contribution in [0.25, 0.3) is 0 Å². The van der Waals surface area contributed by atoms with Gasteiger partial charge in [-0.15, -0.1) is 0 Å². The number of rotatable bonds is 3. The number of pyridine rings is 1. The molecule has 6 nitrogen and oxygen atoms in total. The lowest BCUT2D eigenvalue weighted by Crippen LogP contribution is -2.29. The highest BCUT2D eigenvalue weighted by Crippen LogP contribution is 2.20. The van der Waals surface area contributed by atoms with E-state index in [1.807, 2.05) is 42.5 Å². The van der Waals surface area contributed by atoms with E-state index in [1.165, 1.54) is 0 Å². The Kier molecular flexibility index (Phi) is 5.44. The average molecular weight is 396 g/mol. The molecule has 1 saturated heterocycles. The molecule has 0 radical (unpaired) electrons. The molecule has 4 rings (SSSR count). The van der Waals surface area contributed by atoms with E-state index in [4.69, 9.17) is 0 Å². The molecule has 0 atom stereocenters. The zero-order valence-electron chi connectivity index (χ0n) is 16.5. The predicted octanol–water partition coefficient (Wildman–Crippen LogP) is 3.61. The lowest BCUT2D eigenvalue weighted by atomic mass is 10.1. The van der Waals surface area contributed by atoms with Gasteiger partial charge < -0.3 is 10.2 Å². The molecule has 148 valence electrons. The summed E-state index contributed by atoms with van der Waals surface area (Å²) in [6.07, 6.45) is 1.70. The molecule has 0 bridgehead atoms. The monoisotopic (exact) mass is 396 g/mol. The van der Waals surface area contributed by atoms with Crippen molar-refractivity contribution in [3.8, 4) is 11.8 Å². The van der Waals surface area contributed by atoms with E-state index < -0.39 is 0 Å². The minimum Gasteiger partial charge on any atom is -0.326 e. The van der Waals surface area contributed by atoms with Crippen molar-refractivity contribution in [2.75, 3.05) is 30.4 Å². The van der Waals surface area contributed by atoms with E-state index in [9.17, 15) is 9.59 Å². The summed E-state index contributed by atoms with van der Waals surface area (Å²) in [5.74, 6) is 5.84. The number of likely N-dealkylation sites (N-methyl/N-ethyl adjacent to an activating group) is 1. The molecule has 3 amide bonds. The molecule has 2 aromatic carbocycles. The largest absolute Gasteiger partial charge is 0.326 e. The van der Waals surface area contributed by atoms with Gasteiger partial charge in [-0.3, -0.25) is 9.69 Å². The molecule has 1 aliphatic rings. The standard InChI is InChI=1S/C24H20N4O2/c1-27-15-16-28(24(27)30)22-12-9-19(10-13-22)23(29)26-21-7-4-5-18(17-21)8-11-20-6-2-3-14-25-20/h2-7,9-10,12-14,17H,15-16H2,1H3,(H,26,29). The van der Waals surface area contributed by atoms with Crippen molar-refractivity contribution in [1.29, 1.82) is 0 Å². The zero-order chi connectivity index (χ0) is 20.9. The maximum atomic E-state index is 12.6. The third-order valence-electron chi connectivity index (χ3n) is 4.78. The number of nitrogens with one attached hydrogen (secondary N) is 1. The van der Waals surface area contributed by atoms with Gasteiger partial charge in [-0.2, -0.15) is 0 Å². The van der Waals surface area contributed by atoms with Gasteiger partial charge in [0.2, 0.25) is 0 Å². The minimum absolute atomic E-state index is 0.0316. The first-order valence-electron chi connectivity index (χ1n) is 9.57. The second-order valence-electron chi connectivity index (χ2n) is 6.90. The number of carbonyl (C=O) groups excluding carboxylic acids is 2. The van der Waals surface area contributed by atoms with Crippen LogP contribution in [0.4, 0.5) is 16.2 Å². The average Bonchev–Trinajstić information content (AvgIpc) is 3.12. The van der Waals surface area contributed by atoms with Gasteiger partial charge in [0, 0.05) is 48.8 Å². The fraction of sp³-hybridized carbons (Fsp3) is 0.125. The van der Waals surface area contributed by atoms with E-state index in [1.54, 1.807) is 47.3 Å². The van der Waals surface area contributed by atoms with Crippen molar-refractivity contribution in [2.24, 2.45) is 0 Å². The Morgan fingerprint density at radius 2 is 1.83 bits per heavy atom. The number of benzene rings is 2. The zero-order valence-corrected chi connectivity index (χ0v) is 16.5. The third-order valence-corrected chi connectivity index (χ3v) is 4.78. The normalized spacial score (nSPS) is 13.0. The second kappa shape index (κ2) is 8.50. The van der Waals surface area contributed by atoms with Gasteiger partial charge in [-0.05, 0) is 60.5 Å². The molecule has 0 saturated carbocycles. The van der Waals surface area contributed by atoms with Crippen LogP contribution in [0.15, 0.2) is 72.9 Å². The molecule has 0 aliphatic carbocycles. The highest BCUT2D eigenvalue weighted by atomic mass is 16.2. The van der Waals surface area contributed by atoms with Crippen LogP contribution >= 0.6 is 0 Å². The molecule has 0 unspecified atom stereocenters. The van der Waals surface area contributed by atoms with E-state index in [-0.39, 0.29) is 11.9 Å². The van der Waals surface area contributed by atoms with Crippen molar-refractivity contribution < 1.29 is 9.59 Å².